The Morgan fingerprint density at radius 2 is 2.15 bits per heavy atom. The summed E-state index contributed by atoms with van der Waals surface area (Å²) in [6.45, 7) is 5.27. The molecular weight excluding hydrogens is 276 g/mol. The first-order chi connectivity index (χ1) is 9.44. The van der Waals surface area contributed by atoms with Gasteiger partial charge in [0.25, 0.3) is 0 Å². The van der Waals surface area contributed by atoms with Gasteiger partial charge in [-0.25, -0.2) is 18.5 Å². The summed E-state index contributed by atoms with van der Waals surface area (Å²) < 4.78 is 26.6. The Labute approximate surface area is 120 Å². The monoisotopic (exact) mass is 296 g/mol. The lowest BCUT2D eigenvalue weighted by atomic mass is 10.1. The van der Waals surface area contributed by atoms with Gasteiger partial charge in [0, 0.05) is 0 Å². The molecule has 0 spiro atoms. The van der Waals surface area contributed by atoms with Crippen molar-refractivity contribution in [2.45, 2.75) is 25.9 Å². The van der Waals surface area contributed by atoms with Gasteiger partial charge < -0.3 is 4.74 Å². The van der Waals surface area contributed by atoms with Crippen LogP contribution in [0.25, 0.3) is 0 Å². The van der Waals surface area contributed by atoms with Crippen molar-refractivity contribution in [1.82, 2.24) is 4.72 Å². The minimum atomic E-state index is -3.15. The lowest BCUT2D eigenvalue weighted by Gasteiger charge is -2.15. The highest BCUT2D eigenvalue weighted by atomic mass is 32.2. The van der Waals surface area contributed by atoms with E-state index in [4.69, 9.17) is 9.52 Å². The van der Waals surface area contributed by atoms with E-state index >= 15 is 0 Å². The summed E-state index contributed by atoms with van der Waals surface area (Å²) in [6, 6.07) is 9.22. The van der Waals surface area contributed by atoms with Crippen LogP contribution in [-0.2, 0) is 14.7 Å². The summed E-state index contributed by atoms with van der Waals surface area (Å²) >= 11 is 0. The molecule has 6 heteroatoms. The third kappa shape index (κ3) is 5.88. The summed E-state index contributed by atoms with van der Waals surface area (Å²) in [5, 5.41) is 0. The van der Waals surface area contributed by atoms with E-state index in [-0.39, 0.29) is 5.75 Å². The molecule has 1 rings (SSSR count). The molecule has 1 unspecified atom stereocenters. The zero-order valence-electron chi connectivity index (χ0n) is 11.5. The van der Waals surface area contributed by atoms with Crippen molar-refractivity contribution < 1.29 is 13.7 Å². The molecule has 0 saturated carbocycles. The van der Waals surface area contributed by atoms with Crippen LogP contribution in [0, 0.1) is 4.78 Å². The molecule has 1 aromatic rings. The fraction of sp³-hybridized carbons (Fsp3) is 0.357. The molecule has 0 saturated heterocycles. The van der Waals surface area contributed by atoms with E-state index in [2.05, 4.69) is 11.3 Å². The number of carbonyl (C=O) groups excluding carboxylic acids is 1. The molecule has 0 bridgehead atoms. The van der Waals surface area contributed by atoms with Crippen molar-refractivity contribution in [2.75, 3.05) is 5.75 Å². The number of amides is 1. The summed E-state index contributed by atoms with van der Waals surface area (Å²) in [5.74, 6) is 0.0911. The largest absolute Gasteiger partial charge is 0.441 e. The Hall–Kier alpha value is -1.82. The molecule has 0 aliphatic carbocycles. The van der Waals surface area contributed by atoms with Gasteiger partial charge in [-0.1, -0.05) is 36.4 Å². The van der Waals surface area contributed by atoms with E-state index in [9.17, 15) is 9.00 Å². The van der Waals surface area contributed by atoms with Crippen LogP contribution in [0.15, 0.2) is 43.0 Å². The highest BCUT2D eigenvalue weighted by Crippen LogP contribution is 2.16. The average molecular weight is 296 g/mol. The third-order valence-corrected chi connectivity index (χ3v) is 4.00. The normalized spacial score (nSPS) is 14.8. The molecule has 0 radical (unpaired) electrons. The average Bonchev–Trinajstić information content (AvgIpc) is 2.39. The molecule has 0 fully saturated rings. The summed E-state index contributed by atoms with van der Waals surface area (Å²) in [7, 11) is -3.15. The number of benzene rings is 1. The fourth-order valence-corrected chi connectivity index (χ4v) is 2.59. The van der Waals surface area contributed by atoms with Crippen molar-refractivity contribution in [1.29, 1.82) is 4.78 Å². The minimum absolute atomic E-state index is 0.0911. The van der Waals surface area contributed by atoms with E-state index in [1.807, 2.05) is 30.3 Å². The molecule has 0 heterocycles. The van der Waals surface area contributed by atoms with Crippen LogP contribution < -0.4 is 4.72 Å². The van der Waals surface area contributed by atoms with Crippen LogP contribution in [0.2, 0.25) is 0 Å². The van der Waals surface area contributed by atoms with Crippen molar-refractivity contribution in [3.05, 3.63) is 48.6 Å². The zero-order chi connectivity index (χ0) is 15.0. The number of ether oxygens (including phenoxy) is 1. The van der Waals surface area contributed by atoms with Crippen molar-refractivity contribution in [2.24, 2.45) is 0 Å². The van der Waals surface area contributed by atoms with E-state index < -0.39 is 22.1 Å². The van der Waals surface area contributed by atoms with Crippen LogP contribution >= 0.6 is 0 Å². The molecule has 1 amide bonds. The number of nitrogens with one attached hydrogen (secondary N) is 2. The number of carbonyl (C=O) groups is 1. The molecule has 1 aromatic carbocycles. The second-order valence-corrected chi connectivity index (χ2v) is 6.33. The van der Waals surface area contributed by atoms with Crippen LogP contribution in [0.5, 0.6) is 0 Å². The van der Waals surface area contributed by atoms with Crippen LogP contribution in [-0.4, -0.2) is 16.1 Å². The SMILES string of the molecule is C=CCCCS(=N)(=O)NC(=O)O[C@@H](C)c1ccccc1. The molecular formula is C14H20N2O3S. The molecule has 2 N–H and O–H groups in total. The Balaban J connectivity index is 2.49. The highest BCUT2D eigenvalue weighted by molar-refractivity contribution is 7.91. The van der Waals surface area contributed by atoms with Gasteiger partial charge >= 0.3 is 6.09 Å². The first-order valence-electron chi connectivity index (χ1n) is 6.35. The first kappa shape index (κ1) is 16.2. The molecule has 20 heavy (non-hydrogen) atoms. The summed E-state index contributed by atoms with van der Waals surface area (Å²) in [6.07, 6.45) is 1.60. The molecule has 2 atom stereocenters. The molecule has 5 nitrogen and oxygen atoms in total. The predicted octanol–water partition coefficient (Wildman–Crippen LogP) is 3.40. The van der Waals surface area contributed by atoms with Gasteiger partial charge in [0.15, 0.2) is 0 Å². The maximum absolute atomic E-state index is 11.8. The van der Waals surface area contributed by atoms with Gasteiger partial charge in [-0.3, -0.25) is 0 Å². The molecule has 0 aliphatic rings. The Morgan fingerprint density at radius 1 is 1.50 bits per heavy atom. The first-order valence-corrected chi connectivity index (χ1v) is 8.08. The Kier molecular flexibility index (Phi) is 6.24. The summed E-state index contributed by atoms with van der Waals surface area (Å²) in [4.78, 5) is 11.6. The number of unbranched alkanes of at least 4 members (excludes halogenated alkanes) is 1. The van der Waals surface area contributed by atoms with Crippen LogP contribution in [0.4, 0.5) is 4.79 Å². The minimum Gasteiger partial charge on any atom is -0.441 e. The topological polar surface area (TPSA) is 79.3 Å². The number of hydrogen-bond acceptors (Lipinski definition) is 4. The lowest BCUT2D eigenvalue weighted by Crippen LogP contribution is -2.32. The van der Waals surface area contributed by atoms with Crippen LogP contribution in [0.3, 0.4) is 0 Å². The summed E-state index contributed by atoms with van der Waals surface area (Å²) in [5.41, 5.74) is 0.839. The third-order valence-electron chi connectivity index (χ3n) is 2.64. The van der Waals surface area contributed by atoms with Gasteiger partial charge in [-0.2, -0.15) is 0 Å². The van der Waals surface area contributed by atoms with Gasteiger partial charge in [0.2, 0.25) is 0 Å². The Bertz CT molecular complexity index is 541. The smallest absolute Gasteiger partial charge is 0.420 e. The molecule has 110 valence electrons. The molecule has 0 aliphatic heterocycles. The van der Waals surface area contributed by atoms with E-state index in [1.165, 1.54) is 0 Å². The van der Waals surface area contributed by atoms with Gasteiger partial charge in [-0.15, -0.1) is 6.58 Å². The fourth-order valence-electron chi connectivity index (χ4n) is 1.59. The van der Waals surface area contributed by atoms with Crippen LogP contribution in [0.1, 0.15) is 31.4 Å². The van der Waals surface area contributed by atoms with E-state index in [1.54, 1.807) is 13.0 Å². The van der Waals surface area contributed by atoms with Crippen molar-refractivity contribution >= 4 is 16.0 Å². The predicted molar refractivity (Wildman–Crippen MR) is 79.6 cm³/mol. The lowest BCUT2D eigenvalue weighted by molar-refractivity contribution is 0.113. The highest BCUT2D eigenvalue weighted by Gasteiger charge is 2.15. The van der Waals surface area contributed by atoms with Gasteiger partial charge in [-0.05, 0) is 25.3 Å². The van der Waals surface area contributed by atoms with Gasteiger partial charge in [0.1, 0.15) is 16.0 Å². The number of rotatable bonds is 7. The second-order valence-electron chi connectivity index (χ2n) is 4.37. The van der Waals surface area contributed by atoms with Crippen molar-refractivity contribution in [3.63, 3.8) is 0 Å². The number of hydrogen-bond donors (Lipinski definition) is 2. The zero-order valence-corrected chi connectivity index (χ0v) is 12.3. The quantitative estimate of drug-likeness (QED) is 0.598. The maximum Gasteiger partial charge on any atom is 0.420 e. The second kappa shape index (κ2) is 7.69. The molecule has 0 aromatic heterocycles. The van der Waals surface area contributed by atoms with E-state index in [0.717, 1.165) is 5.56 Å². The van der Waals surface area contributed by atoms with E-state index in [0.29, 0.717) is 12.8 Å². The standard InChI is InChI=1S/C14H20N2O3S/c1-3-4-8-11-20(15,18)16-14(17)19-12(2)13-9-6-5-7-10-13/h3,5-7,9-10,12H,1,4,8,11H2,2H3,(H2,15,16,17,18)/t12-,20?/m0/s1. The van der Waals surface area contributed by atoms with Crippen molar-refractivity contribution in [3.8, 4) is 0 Å². The number of allylic oxidation sites excluding steroid dienone is 1. The van der Waals surface area contributed by atoms with Gasteiger partial charge in [0.05, 0.1) is 5.75 Å². The Morgan fingerprint density at radius 3 is 2.75 bits per heavy atom. The maximum atomic E-state index is 11.8.